The van der Waals surface area contributed by atoms with Crippen LogP contribution in [0.5, 0.6) is 0 Å². The molecular formula is C16H26N2O2S. The van der Waals surface area contributed by atoms with Crippen molar-refractivity contribution in [1.82, 2.24) is 4.31 Å². The quantitative estimate of drug-likeness (QED) is 0.850. The van der Waals surface area contributed by atoms with Crippen LogP contribution in [0.25, 0.3) is 0 Å². The molecule has 21 heavy (non-hydrogen) atoms. The molecule has 0 spiro atoms. The summed E-state index contributed by atoms with van der Waals surface area (Å²) in [6, 6.07) is 5.27. The lowest BCUT2D eigenvalue weighted by Crippen LogP contribution is -2.41. The summed E-state index contributed by atoms with van der Waals surface area (Å²) in [6.45, 7) is 4.44. The van der Waals surface area contributed by atoms with Gasteiger partial charge in [-0.1, -0.05) is 39.2 Å². The van der Waals surface area contributed by atoms with Gasteiger partial charge in [-0.05, 0) is 37.0 Å². The van der Waals surface area contributed by atoms with Gasteiger partial charge in [-0.25, -0.2) is 8.42 Å². The van der Waals surface area contributed by atoms with E-state index in [1.54, 1.807) is 16.4 Å². The normalized spacial score (nSPS) is 17.3. The molecule has 4 nitrogen and oxygen atoms in total. The number of nitrogen functional groups attached to an aromatic ring is 1. The Balaban J connectivity index is 2.32. The van der Waals surface area contributed by atoms with E-state index in [4.69, 9.17) is 5.73 Å². The Bertz CT molecular complexity index is 578. The third-order valence-electron chi connectivity index (χ3n) is 4.40. The van der Waals surface area contributed by atoms with Crippen molar-refractivity contribution in [2.75, 3.05) is 12.3 Å². The van der Waals surface area contributed by atoms with Gasteiger partial charge in [0.2, 0.25) is 10.0 Å². The van der Waals surface area contributed by atoms with Crippen LogP contribution < -0.4 is 5.73 Å². The first-order valence-electron chi connectivity index (χ1n) is 7.91. The maximum atomic E-state index is 12.9. The Kier molecular flexibility index (Phi) is 5.27. The lowest BCUT2D eigenvalue weighted by Gasteiger charge is -2.32. The topological polar surface area (TPSA) is 63.4 Å². The lowest BCUT2D eigenvalue weighted by atomic mass is 9.95. The summed E-state index contributed by atoms with van der Waals surface area (Å²) in [5, 5.41) is 0. The summed E-state index contributed by atoms with van der Waals surface area (Å²) in [7, 11) is -3.44. The fraction of sp³-hybridized carbons (Fsp3) is 0.625. The van der Waals surface area contributed by atoms with Crippen molar-refractivity contribution >= 4 is 15.7 Å². The first-order chi connectivity index (χ1) is 10.0. The Hall–Kier alpha value is -1.07. The predicted octanol–water partition coefficient (Wildman–Crippen LogP) is 3.17. The van der Waals surface area contributed by atoms with Crippen molar-refractivity contribution in [3.05, 3.63) is 23.8 Å². The molecular weight excluding hydrogens is 284 g/mol. The summed E-state index contributed by atoms with van der Waals surface area (Å²) >= 11 is 0. The highest BCUT2D eigenvalue weighted by atomic mass is 32.2. The number of anilines is 1. The molecule has 0 saturated heterocycles. The number of rotatable bonds is 5. The van der Waals surface area contributed by atoms with E-state index in [0.717, 1.165) is 37.7 Å². The number of hydrogen-bond acceptors (Lipinski definition) is 3. The van der Waals surface area contributed by atoms with Gasteiger partial charge in [0.15, 0.2) is 0 Å². The average Bonchev–Trinajstić information content (AvgIpc) is 2.48. The zero-order chi connectivity index (χ0) is 15.5. The minimum atomic E-state index is -3.44. The zero-order valence-corrected chi connectivity index (χ0v) is 13.8. The van der Waals surface area contributed by atoms with Gasteiger partial charge in [0.1, 0.15) is 0 Å². The number of hydrogen-bond donors (Lipinski definition) is 1. The van der Waals surface area contributed by atoms with Crippen LogP contribution in [0.4, 0.5) is 5.69 Å². The monoisotopic (exact) mass is 310 g/mol. The molecule has 0 aliphatic heterocycles. The Morgan fingerprint density at radius 3 is 2.38 bits per heavy atom. The van der Waals surface area contributed by atoms with Crippen LogP contribution in [0.15, 0.2) is 23.1 Å². The number of nitrogens with zero attached hydrogens (tertiary/aromatic N) is 1. The van der Waals surface area contributed by atoms with Crippen LogP contribution in [0.2, 0.25) is 0 Å². The SMILES string of the molecule is CCc1ccc(S(=O)(=O)N(CC)C2CCCCC2)cc1N. The summed E-state index contributed by atoms with van der Waals surface area (Å²) in [5.41, 5.74) is 7.53. The van der Waals surface area contributed by atoms with Gasteiger partial charge in [0.25, 0.3) is 0 Å². The minimum Gasteiger partial charge on any atom is -0.398 e. The van der Waals surface area contributed by atoms with Crippen LogP contribution in [-0.2, 0) is 16.4 Å². The second kappa shape index (κ2) is 6.79. The first-order valence-corrected chi connectivity index (χ1v) is 9.35. The standard InChI is InChI=1S/C16H26N2O2S/c1-3-13-10-11-15(12-16(13)17)21(19,20)18(4-2)14-8-6-5-7-9-14/h10-12,14H,3-9,17H2,1-2H3. The molecule has 5 heteroatoms. The Labute approximate surface area is 128 Å². The molecule has 0 bridgehead atoms. The molecule has 0 atom stereocenters. The van der Waals surface area contributed by atoms with E-state index in [2.05, 4.69) is 0 Å². The Morgan fingerprint density at radius 2 is 1.86 bits per heavy atom. The van der Waals surface area contributed by atoms with Crippen LogP contribution in [0.3, 0.4) is 0 Å². The Morgan fingerprint density at radius 1 is 1.19 bits per heavy atom. The van der Waals surface area contributed by atoms with E-state index in [9.17, 15) is 8.42 Å². The number of benzene rings is 1. The van der Waals surface area contributed by atoms with E-state index in [1.807, 2.05) is 19.9 Å². The molecule has 2 N–H and O–H groups in total. The molecule has 1 aromatic carbocycles. The van der Waals surface area contributed by atoms with Crippen LogP contribution in [0, 0.1) is 0 Å². The maximum Gasteiger partial charge on any atom is 0.243 e. The highest BCUT2D eigenvalue weighted by molar-refractivity contribution is 7.89. The number of aryl methyl sites for hydroxylation is 1. The van der Waals surface area contributed by atoms with Crippen molar-refractivity contribution in [2.45, 2.75) is 63.3 Å². The largest absolute Gasteiger partial charge is 0.398 e. The molecule has 1 aliphatic carbocycles. The maximum absolute atomic E-state index is 12.9. The minimum absolute atomic E-state index is 0.140. The van der Waals surface area contributed by atoms with E-state index >= 15 is 0 Å². The predicted molar refractivity (Wildman–Crippen MR) is 86.7 cm³/mol. The molecule has 118 valence electrons. The van der Waals surface area contributed by atoms with Gasteiger partial charge in [0.05, 0.1) is 4.90 Å². The summed E-state index contributed by atoms with van der Waals surface area (Å²) in [4.78, 5) is 0.324. The van der Waals surface area contributed by atoms with E-state index in [-0.39, 0.29) is 6.04 Å². The highest BCUT2D eigenvalue weighted by Crippen LogP contribution is 2.28. The van der Waals surface area contributed by atoms with Gasteiger partial charge in [0, 0.05) is 18.3 Å². The summed E-state index contributed by atoms with van der Waals surface area (Å²) in [6.07, 6.45) is 6.20. The summed E-state index contributed by atoms with van der Waals surface area (Å²) < 4.78 is 27.4. The van der Waals surface area contributed by atoms with Crippen LogP contribution in [-0.4, -0.2) is 25.3 Å². The van der Waals surface area contributed by atoms with Crippen molar-refractivity contribution < 1.29 is 8.42 Å². The molecule has 0 unspecified atom stereocenters. The number of nitrogens with two attached hydrogens (primary N) is 1. The first kappa shape index (κ1) is 16.3. The molecule has 1 fully saturated rings. The molecule has 0 aromatic heterocycles. The van der Waals surface area contributed by atoms with E-state index < -0.39 is 10.0 Å². The van der Waals surface area contributed by atoms with Crippen LogP contribution >= 0.6 is 0 Å². The average molecular weight is 310 g/mol. The molecule has 1 saturated carbocycles. The summed E-state index contributed by atoms with van der Waals surface area (Å²) in [5.74, 6) is 0. The van der Waals surface area contributed by atoms with Gasteiger partial charge in [-0.3, -0.25) is 0 Å². The fourth-order valence-electron chi connectivity index (χ4n) is 3.18. The third-order valence-corrected chi connectivity index (χ3v) is 6.42. The van der Waals surface area contributed by atoms with Crippen molar-refractivity contribution in [2.24, 2.45) is 0 Å². The number of sulfonamides is 1. The van der Waals surface area contributed by atoms with E-state index in [1.165, 1.54) is 6.42 Å². The van der Waals surface area contributed by atoms with Crippen molar-refractivity contribution in [1.29, 1.82) is 0 Å². The zero-order valence-electron chi connectivity index (χ0n) is 13.0. The molecule has 0 amide bonds. The lowest BCUT2D eigenvalue weighted by molar-refractivity contribution is 0.261. The smallest absolute Gasteiger partial charge is 0.243 e. The van der Waals surface area contributed by atoms with E-state index in [0.29, 0.717) is 17.1 Å². The molecule has 1 aromatic rings. The molecule has 0 radical (unpaired) electrons. The second-order valence-electron chi connectivity index (χ2n) is 5.71. The van der Waals surface area contributed by atoms with Gasteiger partial charge >= 0.3 is 0 Å². The van der Waals surface area contributed by atoms with Gasteiger partial charge in [-0.15, -0.1) is 0 Å². The third kappa shape index (κ3) is 3.40. The molecule has 2 rings (SSSR count). The highest BCUT2D eigenvalue weighted by Gasteiger charge is 2.31. The molecule has 1 aliphatic rings. The second-order valence-corrected chi connectivity index (χ2v) is 7.60. The van der Waals surface area contributed by atoms with Gasteiger partial charge in [-0.2, -0.15) is 4.31 Å². The van der Waals surface area contributed by atoms with Crippen molar-refractivity contribution in [3.63, 3.8) is 0 Å². The van der Waals surface area contributed by atoms with Crippen molar-refractivity contribution in [3.8, 4) is 0 Å². The fourth-order valence-corrected chi connectivity index (χ4v) is 4.91. The van der Waals surface area contributed by atoms with Gasteiger partial charge < -0.3 is 5.73 Å². The van der Waals surface area contributed by atoms with Crippen LogP contribution in [0.1, 0.15) is 51.5 Å². The molecule has 0 heterocycles.